The Morgan fingerprint density at radius 2 is 1.21 bits per heavy atom. The Labute approximate surface area is 201 Å². The minimum atomic E-state index is 0.627. The van der Waals surface area contributed by atoms with Gasteiger partial charge in [-0.05, 0) is 62.0 Å². The van der Waals surface area contributed by atoms with Gasteiger partial charge in [0.25, 0.3) is 0 Å². The fourth-order valence-corrected chi connectivity index (χ4v) is 5.46. The van der Waals surface area contributed by atoms with Crippen LogP contribution < -0.4 is 0 Å². The lowest BCUT2D eigenvalue weighted by molar-refractivity contribution is 0.669. The van der Waals surface area contributed by atoms with Crippen molar-refractivity contribution in [2.24, 2.45) is 0 Å². The molecule has 34 heavy (non-hydrogen) atoms. The highest BCUT2D eigenvalue weighted by Gasteiger charge is 2.17. The smallest absolute Gasteiger partial charge is 0.154 e. The second-order valence-electron chi connectivity index (χ2n) is 8.67. The maximum atomic E-state index is 6.85. The van der Waals surface area contributed by atoms with E-state index in [9.17, 15) is 0 Å². The van der Waals surface area contributed by atoms with E-state index in [2.05, 4.69) is 103 Å². The molecule has 0 aliphatic heterocycles. The number of hydrogen-bond acceptors (Lipinski definition) is 1. The first-order valence-electron chi connectivity index (χ1n) is 11.4. The van der Waals surface area contributed by atoms with Crippen LogP contribution in [-0.2, 0) is 0 Å². The summed E-state index contributed by atoms with van der Waals surface area (Å²) in [7, 11) is 0. The van der Waals surface area contributed by atoms with Crippen LogP contribution in [0.3, 0.4) is 0 Å². The monoisotopic (exact) mass is 454 g/mol. The highest BCUT2D eigenvalue weighted by Crippen LogP contribution is 2.43. The van der Waals surface area contributed by atoms with Crippen LogP contribution >= 0.6 is 11.6 Å². The summed E-state index contributed by atoms with van der Waals surface area (Å²) in [5.74, 6) is 0. The number of hydrogen-bond donors (Lipinski definition) is 0. The molecule has 7 aromatic rings. The summed E-state index contributed by atoms with van der Waals surface area (Å²) in [6.07, 6.45) is 0. The summed E-state index contributed by atoms with van der Waals surface area (Å²) in [5.41, 5.74) is 6.26. The minimum Gasteiger partial charge on any atom is -0.454 e. The molecule has 0 aliphatic rings. The summed E-state index contributed by atoms with van der Waals surface area (Å²) in [5, 5.41) is 7.58. The first kappa shape index (κ1) is 19.4. The van der Waals surface area contributed by atoms with E-state index in [4.69, 9.17) is 16.0 Å². The Hall–Kier alpha value is -4.07. The second kappa shape index (κ2) is 7.48. The van der Waals surface area contributed by atoms with E-state index in [1.165, 1.54) is 32.7 Å². The predicted octanol–water partition coefficient (Wildman–Crippen LogP) is 9.88. The lowest BCUT2D eigenvalue weighted by Crippen LogP contribution is -1.87. The molecule has 0 saturated carbocycles. The van der Waals surface area contributed by atoms with E-state index < -0.39 is 0 Å². The zero-order chi connectivity index (χ0) is 22.6. The second-order valence-corrected chi connectivity index (χ2v) is 9.08. The Bertz CT molecular complexity index is 1860. The van der Waals surface area contributed by atoms with Crippen LogP contribution in [0.15, 0.2) is 120 Å². The van der Waals surface area contributed by atoms with Gasteiger partial charge >= 0.3 is 0 Å². The van der Waals surface area contributed by atoms with Gasteiger partial charge in [-0.15, -0.1) is 0 Å². The van der Waals surface area contributed by atoms with Gasteiger partial charge in [0, 0.05) is 10.8 Å². The van der Waals surface area contributed by atoms with Crippen molar-refractivity contribution in [2.75, 3.05) is 0 Å². The molecule has 0 radical (unpaired) electrons. The summed E-state index contributed by atoms with van der Waals surface area (Å²) in [6, 6.07) is 40.4. The third-order valence-electron chi connectivity index (χ3n) is 6.72. The van der Waals surface area contributed by atoms with Crippen LogP contribution in [0.4, 0.5) is 0 Å². The quantitative estimate of drug-likeness (QED) is 0.253. The van der Waals surface area contributed by atoms with Gasteiger partial charge in [0.15, 0.2) is 5.58 Å². The lowest BCUT2D eigenvalue weighted by Gasteiger charge is -2.13. The molecule has 0 unspecified atom stereocenters. The standard InChI is InChI=1S/C32H19ClO/c33-28-19-23(18-27-31-25-13-5-4-10-21(25)16-17-29(31)34-32(27)28)26-15-7-12-22-11-6-14-24(30(22)26)20-8-2-1-3-9-20/h1-19H. The number of fused-ring (bicyclic) bond motifs is 6. The topological polar surface area (TPSA) is 13.1 Å². The molecule has 0 N–H and O–H groups in total. The molecular weight excluding hydrogens is 436 g/mol. The molecule has 1 aromatic heterocycles. The van der Waals surface area contributed by atoms with E-state index in [0.717, 1.165) is 33.1 Å². The Balaban J connectivity index is 1.58. The molecule has 0 fully saturated rings. The van der Waals surface area contributed by atoms with E-state index in [1.54, 1.807) is 0 Å². The van der Waals surface area contributed by atoms with Crippen molar-refractivity contribution in [3.05, 3.63) is 120 Å². The lowest BCUT2D eigenvalue weighted by atomic mass is 9.91. The summed E-state index contributed by atoms with van der Waals surface area (Å²) in [4.78, 5) is 0. The third-order valence-corrected chi connectivity index (χ3v) is 7.00. The molecule has 0 amide bonds. The molecule has 160 valence electrons. The first-order chi connectivity index (χ1) is 16.8. The van der Waals surface area contributed by atoms with Crippen molar-refractivity contribution in [1.29, 1.82) is 0 Å². The maximum absolute atomic E-state index is 6.85. The van der Waals surface area contributed by atoms with Gasteiger partial charge in [-0.3, -0.25) is 0 Å². The Morgan fingerprint density at radius 3 is 2.03 bits per heavy atom. The molecule has 2 heteroatoms. The van der Waals surface area contributed by atoms with Gasteiger partial charge in [-0.2, -0.15) is 0 Å². The average molecular weight is 455 g/mol. The summed E-state index contributed by atoms with van der Waals surface area (Å²) in [6.45, 7) is 0. The number of benzene rings is 6. The van der Waals surface area contributed by atoms with Crippen molar-refractivity contribution in [2.45, 2.75) is 0 Å². The number of furan rings is 1. The van der Waals surface area contributed by atoms with Crippen LogP contribution in [0.5, 0.6) is 0 Å². The molecule has 7 rings (SSSR count). The maximum Gasteiger partial charge on any atom is 0.154 e. The molecule has 1 heterocycles. The Morgan fingerprint density at radius 1 is 0.500 bits per heavy atom. The molecule has 6 aromatic carbocycles. The van der Waals surface area contributed by atoms with Crippen LogP contribution in [0.2, 0.25) is 5.02 Å². The third kappa shape index (κ3) is 2.88. The number of rotatable bonds is 2. The van der Waals surface area contributed by atoms with Crippen molar-refractivity contribution in [1.82, 2.24) is 0 Å². The zero-order valence-corrected chi connectivity index (χ0v) is 19.0. The molecule has 0 atom stereocenters. The average Bonchev–Trinajstić information content (AvgIpc) is 3.28. The van der Waals surface area contributed by atoms with Crippen LogP contribution in [0.25, 0.3) is 65.7 Å². The molecule has 0 saturated heterocycles. The van der Waals surface area contributed by atoms with E-state index in [-0.39, 0.29) is 0 Å². The highest BCUT2D eigenvalue weighted by atomic mass is 35.5. The predicted molar refractivity (Wildman–Crippen MR) is 145 cm³/mol. The highest BCUT2D eigenvalue weighted by molar-refractivity contribution is 6.37. The van der Waals surface area contributed by atoms with E-state index >= 15 is 0 Å². The van der Waals surface area contributed by atoms with Crippen molar-refractivity contribution in [3.63, 3.8) is 0 Å². The van der Waals surface area contributed by atoms with Crippen LogP contribution in [0, 0.1) is 0 Å². The van der Waals surface area contributed by atoms with Gasteiger partial charge < -0.3 is 4.42 Å². The summed E-state index contributed by atoms with van der Waals surface area (Å²) < 4.78 is 6.23. The van der Waals surface area contributed by atoms with E-state index in [0.29, 0.717) is 5.02 Å². The van der Waals surface area contributed by atoms with E-state index in [1.807, 2.05) is 12.1 Å². The van der Waals surface area contributed by atoms with Crippen LogP contribution in [-0.4, -0.2) is 0 Å². The fourth-order valence-electron chi connectivity index (χ4n) is 5.20. The molecule has 0 bridgehead atoms. The van der Waals surface area contributed by atoms with Crippen molar-refractivity contribution < 1.29 is 4.42 Å². The SMILES string of the molecule is Clc1cc(-c2cccc3cccc(-c4ccccc4)c23)cc2c1oc1ccc3ccccc3c12. The van der Waals surface area contributed by atoms with Gasteiger partial charge in [-0.25, -0.2) is 0 Å². The molecule has 0 aliphatic carbocycles. The van der Waals surface area contributed by atoms with Crippen molar-refractivity contribution >= 4 is 55.1 Å². The largest absolute Gasteiger partial charge is 0.454 e. The van der Waals surface area contributed by atoms with Gasteiger partial charge in [0.1, 0.15) is 5.58 Å². The fraction of sp³-hybridized carbons (Fsp3) is 0. The van der Waals surface area contributed by atoms with Gasteiger partial charge in [0.2, 0.25) is 0 Å². The van der Waals surface area contributed by atoms with Gasteiger partial charge in [-0.1, -0.05) is 109 Å². The van der Waals surface area contributed by atoms with Gasteiger partial charge in [0.05, 0.1) is 5.02 Å². The summed E-state index contributed by atoms with van der Waals surface area (Å²) >= 11 is 6.85. The molecular formula is C32H19ClO. The van der Waals surface area contributed by atoms with Crippen molar-refractivity contribution in [3.8, 4) is 22.3 Å². The zero-order valence-electron chi connectivity index (χ0n) is 18.3. The normalized spacial score (nSPS) is 11.7. The van der Waals surface area contributed by atoms with Crippen LogP contribution in [0.1, 0.15) is 0 Å². The minimum absolute atomic E-state index is 0.627. The number of halogens is 1. The molecule has 0 spiro atoms. The first-order valence-corrected chi connectivity index (χ1v) is 11.8. The Kier molecular flexibility index (Phi) is 4.27. The molecule has 1 nitrogen and oxygen atoms in total.